The monoisotopic (exact) mass is 351 g/mol. The van der Waals surface area contributed by atoms with Crippen molar-refractivity contribution < 1.29 is 18.3 Å². The standard InChI is InChI=1S/C13H15Cl2NO4S/c1-8-5-6-16(10(7-8)13(17)18)21(19,20)11-4-2-3-9(14)12(11)15/h2-4,8,10H,5-7H2,1H3,(H,17,18). The molecule has 2 atom stereocenters. The molecular weight excluding hydrogens is 337 g/mol. The SMILES string of the molecule is CC1CCN(S(=O)(=O)c2cccc(Cl)c2Cl)C(C(=O)O)C1. The number of hydrogen-bond donors (Lipinski definition) is 1. The molecule has 1 heterocycles. The van der Waals surface area contributed by atoms with Crippen molar-refractivity contribution in [2.24, 2.45) is 5.92 Å². The maximum atomic E-state index is 12.7. The smallest absolute Gasteiger partial charge is 0.322 e. The zero-order chi connectivity index (χ0) is 15.8. The van der Waals surface area contributed by atoms with Crippen LogP contribution in [-0.2, 0) is 14.8 Å². The van der Waals surface area contributed by atoms with E-state index in [1.165, 1.54) is 18.2 Å². The molecule has 2 unspecified atom stereocenters. The van der Waals surface area contributed by atoms with E-state index in [1.807, 2.05) is 6.92 Å². The summed E-state index contributed by atoms with van der Waals surface area (Å²) >= 11 is 11.8. The Hall–Kier alpha value is -0.820. The summed E-state index contributed by atoms with van der Waals surface area (Å²) in [5, 5.41) is 9.33. The fourth-order valence-corrected chi connectivity index (χ4v) is 4.79. The Labute approximate surface area is 133 Å². The van der Waals surface area contributed by atoms with E-state index in [2.05, 4.69) is 0 Å². The molecule has 2 rings (SSSR count). The van der Waals surface area contributed by atoms with Crippen LogP contribution in [0.25, 0.3) is 0 Å². The van der Waals surface area contributed by atoms with Crippen LogP contribution in [0.4, 0.5) is 0 Å². The normalized spacial score (nSPS) is 24.0. The molecule has 0 saturated carbocycles. The third-order valence-electron chi connectivity index (χ3n) is 3.60. The predicted molar refractivity (Wildman–Crippen MR) is 80.2 cm³/mol. The molecule has 116 valence electrons. The van der Waals surface area contributed by atoms with E-state index < -0.39 is 22.0 Å². The molecule has 1 aliphatic heterocycles. The predicted octanol–water partition coefficient (Wildman–Crippen LogP) is 2.87. The van der Waals surface area contributed by atoms with Crippen molar-refractivity contribution in [2.45, 2.75) is 30.7 Å². The van der Waals surface area contributed by atoms with Gasteiger partial charge >= 0.3 is 5.97 Å². The van der Waals surface area contributed by atoms with Gasteiger partial charge in [-0.05, 0) is 30.9 Å². The topological polar surface area (TPSA) is 74.7 Å². The van der Waals surface area contributed by atoms with Gasteiger partial charge < -0.3 is 5.11 Å². The number of nitrogens with zero attached hydrogens (tertiary/aromatic N) is 1. The minimum absolute atomic E-state index is 0.0815. The lowest BCUT2D eigenvalue weighted by Crippen LogP contribution is -2.49. The molecule has 0 amide bonds. The largest absolute Gasteiger partial charge is 0.480 e. The molecule has 1 aromatic rings. The lowest BCUT2D eigenvalue weighted by Gasteiger charge is -2.35. The van der Waals surface area contributed by atoms with Crippen LogP contribution in [-0.4, -0.2) is 36.4 Å². The molecule has 0 bridgehead atoms. The van der Waals surface area contributed by atoms with Gasteiger partial charge in [0.2, 0.25) is 10.0 Å². The van der Waals surface area contributed by atoms with Crippen LogP contribution in [0.15, 0.2) is 23.1 Å². The second-order valence-electron chi connectivity index (χ2n) is 5.15. The Morgan fingerprint density at radius 3 is 2.67 bits per heavy atom. The fourth-order valence-electron chi connectivity index (χ4n) is 2.44. The van der Waals surface area contributed by atoms with Gasteiger partial charge in [0.1, 0.15) is 10.9 Å². The number of sulfonamides is 1. The molecule has 1 N–H and O–H groups in total. The molecular formula is C13H15Cl2NO4S. The van der Waals surface area contributed by atoms with Crippen molar-refractivity contribution in [3.63, 3.8) is 0 Å². The summed E-state index contributed by atoms with van der Waals surface area (Å²) in [6.45, 7) is 2.07. The minimum atomic E-state index is -4.00. The highest BCUT2D eigenvalue weighted by atomic mass is 35.5. The van der Waals surface area contributed by atoms with Crippen LogP contribution in [0, 0.1) is 5.92 Å². The second-order valence-corrected chi connectivity index (χ2v) is 7.80. The highest BCUT2D eigenvalue weighted by molar-refractivity contribution is 7.89. The summed E-state index contributed by atoms with van der Waals surface area (Å²) in [4.78, 5) is 11.2. The Morgan fingerprint density at radius 2 is 2.05 bits per heavy atom. The van der Waals surface area contributed by atoms with Gasteiger partial charge in [-0.2, -0.15) is 4.31 Å². The van der Waals surface area contributed by atoms with Crippen molar-refractivity contribution in [3.05, 3.63) is 28.2 Å². The molecule has 1 aromatic carbocycles. The number of carbonyl (C=O) groups is 1. The van der Waals surface area contributed by atoms with E-state index >= 15 is 0 Å². The number of piperidine rings is 1. The van der Waals surface area contributed by atoms with Crippen molar-refractivity contribution in [2.75, 3.05) is 6.54 Å². The summed E-state index contributed by atoms with van der Waals surface area (Å²) in [6, 6.07) is 3.22. The number of carboxylic acid groups (broad SMARTS) is 1. The molecule has 0 spiro atoms. The number of hydrogen-bond acceptors (Lipinski definition) is 3. The Morgan fingerprint density at radius 1 is 1.38 bits per heavy atom. The first-order chi connectivity index (χ1) is 9.75. The van der Waals surface area contributed by atoms with Gasteiger partial charge in [-0.25, -0.2) is 8.42 Å². The number of aliphatic carboxylic acids is 1. The fraction of sp³-hybridized carbons (Fsp3) is 0.462. The summed E-state index contributed by atoms with van der Waals surface area (Å²) in [5.41, 5.74) is 0. The summed E-state index contributed by atoms with van der Waals surface area (Å²) in [5.74, 6) is -0.990. The minimum Gasteiger partial charge on any atom is -0.480 e. The van der Waals surface area contributed by atoms with E-state index in [4.69, 9.17) is 23.2 Å². The number of carboxylic acids is 1. The molecule has 1 saturated heterocycles. The van der Waals surface area contributed by atoms with E-state index in [1.54, 1.807) is 0 Å². The van der Waals surface area contributed by atoms with Crippen LogP contribution in [0.1, 0.15) is 19.8 Å². The third kappa shape index (κ3) is 3.18. The number of benzene rings is 1. The first kappa shape index (κ1) is 16.5. The molecule has 1 aliphatic rings. The first-order valence-electron chi connectivity index (χ1n) is 6.43. The van der Waals surface area contributed by atoms with Gasteiger partial charge in [0.15, 0.2) is 0 Å². The van der Waals surface area contributed by atoms with E-state index in [0.29, 0.717) is 6.42 Å². The second kappa shape index (κ2) is 6.12. The van der Waals surface area contributed by atoms with Crippen LogP contribution in [0.5, 0.6) is 0 Å². The molecule has 0 radical (unpaired) electrons. The van der Waals surface area contributed by atoms with Crippen molar-refractivity contribution in [1.29, 1.82) is 0 Å². The van der Waals surface area contributed by atoms with Crippen molar-refractivity contribution in [3.8, 4) is 0 Å². The van der Waals surface area contributed by atoms with E-state index in [-0.39, 0.29) is 33.8 Å². The van der Waals surface area contributed by atoms with Crippen molar-refractivity contribution in [1.82, 2.24) is 4.31 Å². The highest BCUT2D eigenvalue weighted by Crippen LogP contribution is 2.34. The average molecular weight is 352 g/mol. The van der Waals surface area contributed by atoms with Crippen LogP contribution >= 0.6 is 23.2 Å². The molecule has 21 heavy (non-hydrogen) atoms. The lowest BCUT2D eigenvalue weighted by atomic mass is 9.94. The van der Waals surface area contributed by atoms with Crippen molar-refractivity contribution >= 4 is 39.2 Å². The van der Waals surface area contributed by atoms with E-state index in [0.717, 1.165) is 4.31 Å². The average Bonchev–Trinajstić information content (AvgIpc) is 2.41. The Balaban J connectivity index is 2.47. The Bertz CT molecular complexity index is 662. The van der Waals surface area contributed by atoms with Gasteiger partial charge in [0.05, 0.1) is 10.0 Å². The van der Waals surface area contributed by atoms with Crippen LogP contribution in [0.3, 0.4) is 0 Å². The van der Waals surface area contributed by atoms with Gasteiger partial charge in [-0.1, -0.05) is 36.2 Å². The van der Waals surface area contributed by atoms with Gasteiger partial charge in [0.25, 0.3) is 0 Å². The lowest BCUT2D eigenvalue weighted by molar-refractivity contribution is -0.143. The van der Waals surface area contributed by atoms with Gasteiger partial charge in [-0.3, -0.25) is 4.79 Å². The van der Waals surface area contributed by atoms with Gasteiger partial charge in [0, 0.05) is 6.54 Å². The van der Waals surface area contributed by atoms with Crippen LogP contribution < -0.4 is 0 Å². The first-order valence-corrected chi connectivity index (χ1v) is 8.63. The zero-order valence-corrected chi connectivity index (χ0v) is 13.6. The molecule has 0 aliphatic carbocycles. The molecule has 1 fully saturated rings. The quantitative estimate of drug-likeness (QED) is 0.908. The summed E-state index contributed by atoms with van der Waals surface area (Å²) < 4.78 is 26.4. The zero-order valence-electron chi connectivity index (χ0n) is 11.3. The highest BCUT2D eigenvalue weighted by Gasteiger charge is 2.40. The molecule has 5 nitrogen and oxygen atoms in total. The molecule has 8 heteroatoms. The Kier molecular flexibility index (Phi) is 4.82. The summed E-state index contributed by atoms with van der Waals surface area (Å²) in [6.07, 6.45) is 0.897. The maximum Gasteiger partial charge on any atom is 0.322 e. The summed E-state index contributed by atoms with van der Waals surface area (Å²) in [7, 11) is -4.00. The number of rotatable bonds is 3. The third-order valence-corrected chi connectivity index (χ3v) is 6.48. The van der Waals surface area contributed by atoms with Crippen LogP contribution in [0.2, 0.25) is 10.0 Å². The molecule has 0 aromatic heterocycles. The maximum absolute atomic E-state index is 12.7. The number of halogens is 2. The van der Waals surface area contributed by atoms with Gasteiger partial charge in [-0.15, -0.1) is 0 Å². The van der Waals surface area contributed by atoms with E-state index in [9.17, 15) is 18.3 Å².